The number of rotatable bonds is 9. The fourth-order valence-electron chi connectivity index (χ4n) is 2.34. The van der Waals surface area contributed by atoms with Crippen LogP contribution in [-0.4, -0.2) is 32.9 Å². The van der Waals surface area contributed by atoms with Gasteiger partial charge in [0.25, 0.3) is 5.91 Å². The van der Waals surface area contributed by atoms with Crippen LogP contribution in [0.15, 0.2) is 47.6 Å². The molecule has 138 valence electrons. The molecule has 0 saturated carbocycles. The van der Waals surface area contributed by atoms with Crippen molar-refractivity contribution in [2.75, 3.05) is 20.8 Å². The molecule has 2 rings (SSSR count). The maximum Gasteiger partial charge on any atom is 0.277 e. The van der Waals surface area contributed by atoms with Crippen LogP contribution in [0.25, 0.3) is 0 Å². The molecule has 2 aromatic rings. The zero-order chi connectivity index (χ0) is 18.8. The molecule has 0 aliphatic heterocycles. The van der Waals surface area contributed by atoms with E-state index < -0.39 is 0 Å². The van der Waals surface area contributed by atoms with E-state index in [9.17, 15) is 4.79 Å². The molecule has 6 nitrogen and oxygen atoms in total. The molecular weight excluding hydrogens is 332 g/mol. The van der Waals surface area contributed by atoms with Gasteiger partial charge < -0.3 is 14.2 Å². The Morgan fingerprint density at radius 3 is 2.46 bits per heavy atom. The van der Waals surface area contributed by atoms with E-state index in [0.29, 0.717) is 22.8 Å². The van der Waals surface area contributed by atoms with Crippen LogP contribution in [0.2, 0.25) is 0 Å². The minimum absolute atomic E-state index is 0.111. The molecule has 0 spiro atoms. The highest BCUT2D eigenvalue weighted by Crippen LogP contribution is 2.22. The Bertz CT molecular complexity index is 742. The first-order valence-electron chi connectivity index (χ1n) is 8.42. The molecule has 0 fully saturated rings. The molecule has 6 heteroatoms. The lowest BCUT2D eigenvalue weighted by atomic mass is 10.1. The second-order valence-corrected chi connectivity index (χ2v) is 5.58. The number of nitrogens with one attached hydrogen (secondary N) is 1. The topological polar surface area (TPSA) is 69.2 Å². The second-order valence-electron chi connectivity index (χ2n) is 5.58. The van der Waals surface area contributed by atoms with Crippen molar-refractivity contribution >= 4 is 12.1 Å². The first kappa shape index (κ1) is 19.3. The van der Waals surface area contributed by atoms with Gasteiger partial charge in [0.15, 0.2) is 6.61 Å². The summed E-state index contributed by atoms with van der Waals surface area (Å²) in [4.78, 5) is 11.8. The third-order valence-corrected chi connectivity index (χ3v) is 3.66. The standard InChI is InChI=1S/C20H24N2O4/c1-4-5-15-6-8-17(9-7-15)26-14-20(23)22-21-13-16-12-18(24-2)10-11-19(16)25-3/h6-13H,4-5,14H2,1-3H3,(H,22,23)/b21-13+. The van der Waals surface area contributed by atoms with Crippen LogP contribution in [0.1, 0.15) is 24.5 Å². The molecule has 0 saturated heterocycles. The van der Waals surface area contributed by atoms with Crippen molar-refractivity contribution in [2.45, 2.75) is 19.8 Å². The number of hydrogen-bond acceptors (Lipinski definition) is 5. The SMILES string of the molecule is CCCc1ccc(OCC(=O)N/N=C/c2cc(OC)ccc2OC)cc1. The van der Waals surface area contributed by atoms with Gasteiger partial charge in [0.05, 0.1) is 20.4 Å². The number of hydrogen-bond donors (Lipinski definition) is 1. The van der Waals surface area contributed by atoms with E-state index in [1.807, 2.05) is 24.3 Å². The number of ether oxygens (including phenoxy) is 3. The number of amides is 1. The predicted octanol–water partition coefficient (Wildman–Crippen LogP) is 3.19. The Kier molecular flexibility index (Phi) is 7.49. The van der Waals surface area contributed by atoms with Crippen molar-refractivity contribution in [1.82, 2.24) is 5.43 Å². The normalized spacial score (nSPS) is 10.6. The van der Waals surface area contributed by atoms with Crippen LogP contribution < -0.4 is 19.6 Å². The minimum Gasteiger partial charge on any atom is -0.497 e. The van der Waals surface area contributed by atoms with Gasteiger partial charge in [0, 0.05) is 5.56 Å². The number of carbonyl (C=O) groups is 1. The molecule has 1 amide bonds. The van der Waals surface area contributed by atoms with Gasteiger partial charge in [-0.25, -0.2) is 5.43 Å². The Balaban J connectivity index is 1.85. The Labute approximate surface area is 153 Å². The molecule has 0 aliphatic rings. The summed E-state index contributed by atoms with van der Waals surface area (Å²) in [5.41, 5.74) is 4.38. The molecule has 0 unspecified atom stereocenters. The molecule has 0 radical (unpaired) electrons. The summed E-state index contributed by atoms with van der Waals surface area (Å²) < 4.78 is 15.9. The Morgan fingerprint density at radius 2 is 1.81 bits per heavy atom. The lowest BCUT2D eigenvalue weighted by Gasteiger charge is -2.07. The highest BCUT2D eigenvalue weighted by atomic mass is 16.5. The number of carbonyl (C=O) groups excluding carboxylic acids is 1. The third kappa shape index (κ3) is 5.81. The number of methoxy groups -OCH3 is 2. The van der Waals surface area contributed by atoms with Crippen molar-refractivity contribution in [2.24, 2.45) is 5.10 Å². The predicted molar refractivity (Wildman–Crippen MR) is 101 cm³/mol. The van der Waals surface area contributed by atoms with Crippen LogP contribution in [0.5, 0.6) is 17.2 Å². The third-order valence-electron chi connectivity index (χ3n) is 3.66. The summed E-state index contributed by atoms with van der Waals surface area (Å²) in [7, 11) is 3.15. The quantitative estimate of drug-likeness (QED) is 0.553. The van der Waals surface area contributed by atoms with E-state index in [4.69, 9.17) is 14.2 Å². The average molecular weight is 356 g/mol. The van der Waals surface area contributed by atoms with Gasteiger partial charge in [0.2, 0.25) is 0 Å². The summed E-state index contributed by atoms with van der Waals surface area (Å²) in [6, 6.07) is 13.1. The smallest absolute Gasteiger partial charge is 0.277 e. The fraction of sp³-hybridized carbons (Fsp3) is 0.300. The molecule has 0 atom stereocenters. The molecule has 0 aliphatic carbocycles. The van der Waals surface area contributed by atoms with Crippen LogP contribution >= 0.6 is 0 Å². The highest BCUT2D eigenvalue weighted by molar-refractivity contribution is 5.86. The van der Waals surface area contributed by atoms with Crippen LogP contribution in [0.3, 0.4) is 0 Å². The van der Waals surface area contributed by atoms with Gasteiger partial charge >= 0.3 is 0 Å². The summed E-state index contributed by atoms with van der Waals surface area (Å²) in [6.45, 7) is 2.02. The van der Waals surface area contributed by atoms with Gasteiger partial charge in [-0.05, 0) is 42.3 Å². The van der Waals surface area contributed by atoms with Gasteiger partial charge in [-0.2, -0.15) is 5.10 Å². The van der Waals surface area contributed by atoms with Crippen molar-refractivity contribution in [3.05, 3.63) is 53.6 Å². The summed E-state index contributed by atoms with van der Waals surface area (Å²) in [5, 5.41) is 3.94. The number of aryl methyl sites for hydroxylation is 1. The molecular formula is C20H24N2O4. The highest BCUT2D eigenvalue weighted by Gasteiger charge is 2.04. The van der Waals surface area contributed by atoms with Gasteiger partial charge in [-0.1, -0.05) is 25.5 Å². The van der Waals surface area contributed by atoms with Crippen LogP contribution in [0, 0.1) is 0 Å². The van der Waals surface area contributed by atoms with Gasteiger partial charge in [-0.15, -0.1) is 0 Å². The van der Waals surface area contributed by atoms with Gasteiger partial charge in [0.1, 0.15) is 17.2 Å². The Morgan fingerprint density at radius 1 is 1.08 bits per heavy atom. The van der Waals surface area contributed by atoms with Crippen molar-refractivity contribution in [1.29, 1.82) is 0 Å². The fourth-order valence-corrected chi connectivity index (χ4v) is 2.34. The molecule has 26 heavy (non-hydrogen) atoms. The second kappa shape index (κ2) is 10.1. The van der Waals surface area contributed by atoms with E-state index >= 15 is 0 Å². The maximum atomic E-state index is 11.8. The van der Waals surface area contributed by atoms with Crippen molar-refractivity contribution in [3.63, 3.8) is 0 Å². The van der Waals surface area contributed by atoms with Crippen molar-refractivity contribution < 1.29 is 19.0 Å². The number of hydrazone groups is 1. The summed E-state index contributed by atoms with van der Waals surface area (Å²) in [6.07, 6.45) is 3.63. The van der Waals surface area contributed by atoms with E-state index in [-0.39, 0.29) is 12.5 Å². The van der Waals surface area contributed by atoms with E-state index in [1.165, 1.54) is 11.8 Å². The zero-order valence-corrected chi connectivity index (χ0v) is 15.3. The van der Waals surface area contributed by atoms with Crippen LogP contribution in [-0.2, 0) is 11.2 Å². The first-order valence-corrected chi connectivity index (χ1v) is 8.42. The van der Waals surface area contributed by atoms with Gasteiger partial charge in [-0.3, -0.25) is 4.79 Å². The molecule has 0 heterocycles. The lowest BCUT2D eigenvalue weighted by Crippen LogP contribution is -2.24. The van der Waals surface area contributed by atoms with Crippen molar-refractivity contribution in [3.8, 4) is 17.2 Å². The van der Waals surface area contributed by atoms with Crippen LogP contribution in [0.4, 0.5) is 0 Å². The molecule has 0 bridgehead atoms. The minimum atomic E-state index is -0.347. The number of benzene rings is 2. The monoisotopic (exact) mass is 356 g/mol. The summed E-state index contributed by atoms with van der Waals surface area (Å²) >= 11 is 0. The average Bonchev–Trinajstić information content (AvgIpc) is 2.67. The number of nitrogens with zero attached hydrogens (tertiary/aromatic N) is 1. The van der Waals surface area contributed by atoms with E-state index in [1.54, 1.807) is 32.4 Å². The molecule has 1 N–H and O–H groups in total. The maximum absolute atomic E-state index is 11.8. The first-order chi connectivity index (χ1) is 12.7. The van der Waals surface area contributed by atoms with E-state index in [2.05, 4.69) is 17.5 Å². The van der Waals surface area contributed by atoms with E-state index in [0.717, 1.165) is 12.8 Å². The lowest BCUT2D eigenvalue weighted by molar-refractivity contribution is -0.123. The molecule has 0 aromatic heterocycles. The zero-order valence-electron chi connectivity index (χ0n) is 15.3. The largest absolute Gasteiger partial charge is 0.497 e. The molecule has 2 aromatic carbocycles. The Hall–Kier alpha value is -3.02. The summed E-state index contributed by atoms with van der Waals surface area (Å²) in [5.74, 6) is 1.61.